The fourth-order valence-electron chi connectivity index (χ4n) is 11.4. The van der Waals surface area contributed by atoms with Crippen molar-refractivity contribution in [1.29, 1.82) is 0 Å². The van der Waals surface area contributed by atoms with Gasteiger partial charge in [0.15, 0.2) is 28.4 Å². The fourth-order valence-corrected chi connectivity index (χ4v) is 14.1. The molecule has 4 atom stereocenters. The van der Waals surface area contributed by atoms with E-state index < -0.39 is 68.6 Å². The molecule has 4 heterocycles. The maximum Gasteiger partial charge on any atom is 0.354 e. The number of aliphatic carboxylic acids is 1. The number of β-lactam (4-membered cyclic amide) rings is 1. The minimum Gasteiger partial charge on any atom is -0.504 e. The van der Waals surface area contributed by atoms with E-state index in [1.807, 2.05) is 157 Å². The number of nitrogens with one attached hydrogen (secondary N) is 2. The Balaban J connectivity index is 0.910. The summed E-state index contributed by atoms with van der Waals surface area (Å²) in [5.74, 6) is -4.24. The average Bonchev–Trinajstić information content (AvgIpc) is 4.29. The summed E-state index contributed by atoms with van der Waals surface area (Å²) in [6, 6.07) is 50.1. The lowest BCUT2D eigenvalue weighted by Crippen LogP contribution is -2.78. The zero-order valence-corrected chi connectivity index (χ0v) is 43.9. The first-order chi connectivity index (χ1) is 37.9. The van der Waals surface area contributed by atoms with E-state index in [0.29, 0.717) is 30.9 Å². The summed E-state index contributed by atoms with van der Waals surface area (Å²) < 4.78 is 20.7. The highest BCUT2D eigenvalue weighted by Crippen LogP contribution is 2.43. The number of ether oxygens (including phenoxy) is 1. The molecule has 1 aliphatic carbocycles. The van der Waals surface area contributed by atoms with Crippen LogP contribution in [0.5, 0.6) is 11.5 Å². The second-order valence-electron chi connectivity index (χ2n) is 20.3. The molecule has 3 fully saturated rings. The normalized spacial score (nSPS) is 20.9. The fraction of sp³-hybridized carbons (Fsp3) is 0.267. The van der Waals surface area contributed by atoms with Crippen LogP contribution in [0.1, 0.15) is 76.4 Å². The van der Waals surface area contributed by atoms with Crippen molar-refractivity contribution in [2.45, 2.75) is 67.3 Å². The Morgan fingerprint density at radius 2 is 1.33 bits per heavy atom. The highest BCUT2D eigenvalue weighted by molar-refractivity contribution is 7.86. The van der Waals surface area contributed by atoms with Crippen LogP contribution in [0.3, 0.4) is 0 Å². The first-order valence-electron chi connectivity index (χ1n) is 25.8. The van der Waals surface area contributed by atoms with Gasteiger partial charge in [-0.25, -0.2) is 9.78 Å². The lowest BCUT2D eigenvalue weighted by molar-refractivity contribution is -0.176. The van der Waals surface area contributed by atoms with Gasteiger partial charge in [0.25, 0.3) is 5.91 Å². The van der Waals surface area contributed by atoms with Crippen molar-refractivity contribution in [2.75, 3.05) is 30.7 Å². The van der Waals surface area contributed by atoms with Crippen LogP contribution in [-0.2, 0) is 58.1 Å². The van der Waals surface area contributed by atoms with Gasteiger partial charge in [0.1, 0.15) is 28.1 Å². The summed E-state index contributed by atoms with van der Waals surface area (Å²) in [5.41, 5.74) is 1.23. The number of thiazole rings is 1. The molecule has 3 unspecified atom stereocenters. The molecule has 4 aliphatic rings. The van der Waals surface area contributed by atoms with Crippen molar-refractivity contribution in [3.8, 4) is 11.5 Å². The maximum absolute atomic E-state index is 15.0. The molecule has 0 spiro atoms. The number of oxime groups is 1. The number of hydrogen-bond acceptors (Lipinski definition) is 14. The van der Waals surface area contributed by atoms with Crippen molar-refractivity contribution in [3.05, 3.63) is 214 Å². The number of benzene rings is 6. The van der Waals surface area contributed by atoms with Gasteiger partial charge < -0.3 is 40.4 Å². The van der Waals surface area contributed by atoms with Gasteiger partial charge in [0.05, 0.1) is 0 Å². The van der Waals surface area contributed by atoms with Crippen LogP contribution >= 0.6 is 11.3 Å². The SMILES string of the molecule is O=C(NC1C(=O)N2CC(CN3CCc4cc(O)c(O)cc4C3)(C(=O)O)CS(=O)[C@H]12)C(=NOC1(C(=O)OC(c2ccccc2)c2ccccc2)CCCC1)c1csc(NC(c2ccccc2)(c2ccccc2)c2ccccc2)n1. The van der Waals surface area contributed by atoms with E-state index in [1.165, 1.54) is 28.4 Å². The number of esters is 1. The molecule has 2 amide bonds. The first kappa shape index (κ1) is 51.9. The first-order valence-corrected chi connectivity index (χ1v) is 28.1. The number of fused-ring (bicyclic) bond motifs is 2. The van der Waals surface area contributed by atoms with Crippen molar-refractivity contribution in [3.63, 3.8) is 0 Å². The molecule has 0 bridgehead atoms. The Bertz CT molecular complexity index is 3260. The number of amides is 2. The van der Waals surface area contributed by atoms with Gasteiger partial charge in [-0.05, 0) is 70.3 Å². The largest absolute Gasteiger partial charge is 0.504 e. The Morgan fingerprint density at radius 3 is 1.88 bits per heavy atom. The number of carboxylic acid groups (broad SMARTS) is 1. The molecule has 398 valence electrons. The number of carboxylic acids is 1. The lowest BCUT2D eigenvalue weighted by atomic mass is 9.77. The predicted octanol–water partition coefficient (Wildman–Crippen LogP) is 7.87. The van der Waals surface area contributed by atoms with Gasteiger partial charge in [-0.1, -0.05) is 157 Å². The van der Waals surface area contributed by atoms with Crippen molar-refractivity contribution in [1.82, 2.24) is 20.1 Å². The van der Waals surface area contributed by atoms with Gasteiger partial charge in [-0.2, -0.15) is 0 Å². The van der Waals surface area contributed by atoms with Crippen LogP contribution in [0.15, 0.2) is 174 Å². The summed E-state index contributed by atoms with van der Waals surface area (Å²) in [7, 11) is -1.96. The van der Waals surface area contributed by atoms with Gasteiger partial charge in [-0.3, -0.25) is 23.5 Å². The number of aromatic hydroxyl groups is 2. The third kappa shape index (κ3) is 9.90. The third-order valence-electron chi connectivity index (χ3n) is 15.4. The molecular formula is C60H56N6O10S2. The number of aromatic nitrogens is 1. The highest BCUT2D eigenvalue weighted by Gasteiger charge is 2.61. The quantitative estimate of drug-likeness (QED) is 0.0147. The molecule has 0 radical (unpaired) electrons. The summed E-state index contributed by atoms with van der Waals surface area (Å²) in [5, 5.41) is 43.0. The molecule has 1 aromatic heterocycles. The van der Waals surface area contributed by atoms with Crippen molar-refractivity contribution >= 4 is 56.7 Å². The summed E-state index contributed by atoms with van der Waals surface area (Å²) in [4.78, 5) is 71.6. The molecule has 6 aromatic carbocycles. The van der Waals surface area contributed by atoms with Crippen molar-refractivity contribution < 1.29 is 48.3 Å². The number of carbonyl (C=O) groups is 4. The summed E-state index contributed by atoms with van der Waals surface area (Å²) in [6.07, 6.45) is 1.37. The number of carbonyl (C=O) groups excluding carboxylic acids is 3. The molecule has 16 nitrogen and oxygen atoms in total. The van der Waals surface area contributed by atoms with Crippen LogP contribution in [0.25, 0.3) is 0 Å². The van der Waals surface area contributed by atoms with E-state index in [-0.39, 0.29) is 61.1 Å². The summed E-state index contributed by atoms with van der Waals surface area (Å²) in [6.45, 7) is 0.393. The molecule has 2 saturated heterocycles. The molecule has 11 rings (SSSR count). The molecule has 3 aliphatic heterocycles. The minimum atomic E-state index is -1.96. The molecule has 18 heteroatoms. The number of phenolic OH excluding ortho intramolecular Hbond substituents is 2. The van der Waals surface area contributed by atoms with Crippen LogP contribution in [0.2, 0.25) is 0 Å². The van der Waals surface area contributed by atoms with Gasteiger partial charge in [-0.15, -0.1) is 11.3 Å². The van der Waals surface area contributed by atoms with E-state index in [0.717, 1.165) is 38.9 Å². The minimum absolute atomic E-state index is 0.0429. The Morgan fingerprint density at radius 1 is 0.795 bits per heavy atom. The Labute approximate surface area is 456 Å². The number of anilines is 1. The van der Waals surface area contributed by atoms with Gasteiger partial charge in [0.2, 0.25) is 11.5 Å². The lowest BCUT2D eigenvalue weighted by Gasteiger charge is -2.54. The van der Waals surface area contributed by atoms with Crippen LogP contribution in [-0.4, -0.2) is 106 Å². The van der Waals surface area contributed by atoms with E-state index in [9.17, 15) is 33.9 Å². The van der Waals surface area contributed by atoms with E-state index in [2.05, 4.69) is 15.8 Å². The maximum atomic E-state index is 15.0. The van der Waals surface area contributed by atoms with Crippen LogP contribution in [0, 0.1) is 5.41 Å². The van der Waals surface area contributed by atoms with Gasteiger partial charge in [0, 0.05) is 61.0 Å². The number of hydrogen-bond donors (Lipinski definition) is 5. The number of phenols is 2. The van der Waals surface area contributed by atoms with Crippen LogP contribution in [0.4, 0.5) is 5.13 Å². The zero-order valence-electron chi connectivity index (χ0n) is 42.3. The zero-order chi connectivity index (χ0) is 54.0. The van der Waals surface area contributed by atoms with E-state index in [1.54, 1.807) is 5.38 Å². The van der Waals surface area contributed by atoms with Gasteiger partial charge >= 0.3 is 11.9 Å². The average molecular weight is 1090 g/mol. The second-order valence-corrected chi connectivity index (χ2v) is 22.7. The Hall–Kier alpha value is -8.19. The second kappa shape index (κ2) is 21.7. The third-order valence-corrected chi connectivity index (χ3v) is 18.0. The predicted molar refractivity (Wildman–Crippen MR) is 294 cm³/mol. The number of rotatable bonds is 17. The molecular weight excluding hydrogens is 1030 g/mol. The molecule has 7 aromatic rings. The molecule has 5 N–H and O–H groups in total. The van der Waals surface area contributed by atoms with Crippen molar-refractivity contribution in [2.24, 2.45) is 10.6 Å². The van der Waals surface area contributed by atoms with Crippen LogP contribution < -0.4 is 10.6 Å². The topological polar surface area (TPSA) is 220 Å². The molecule has 78 heavy (non-hydrogen) atoms. The smallest absolute Gasteiger partial charge is 0.354 e. The van der Waals surface area contributed by atoms with E-state index in [4.69, 9.17) is 14.6 Å². The molecule has 1 saturated carbocycles. The highest BCUT2D eigenvalue weighted by atomic mass is 32.2. The standard InChI is InChI=1S/C60H56N6O10S2/c67-47-32-41-28-31-65(34-42(41)33-48(47)68)36-58(55(71)72)37-66-53(70)50(54(66)78(74)38-58)62-52(69)49(64-76-59(29-16-17-30-59)56(73)75-51(39-18-6-1-7-19-39)40-20-8-2-9-21-40)46-35-77-57(61-46)63-60(43-22-10-3-11-23-43,44-24-12-4-13-25-44)45-26-14-5-15-27-45/h1-15,18-27,32-33,35,50-51,54,67-68H,16-17,28-31,34,36-38H2,(H,61,63)(H,62,69)(H,71,72)/t50?,54-,58?,78?/m1/s1. The monoisotopic (exact) mass is 1080 g/mol. The van der Waals surface area contributed by atoms with E-state index >= 15 is 4.79 Å². The Kier molecular flexibility index (Phi) is 14.4. The number of nitrogens with zero attached hydrogens (tertiary/aromatic N) is 4. The summed E-state index contributed by atoms with van der Waals surface area (Å²) >= 11 is 1.21.